The molecule has 3 N–H and O–H groups in total. The zero-order valence-electron chi connectivity index (χ0n) is 12.8. The van der Waals surface area contributed by atoms with Crippen LogP contribution in [-0.4, -0.2) is 22.0 Å². The van der Waals surface area contributed by atoms with Crippen LogP contribution in [0.2, 0.25) is 0 Å². The molecular formula is C17H20N4O2. The normalized spacial score (nSPS) is 15.1. The van der Waals surface area contributed by atoms with Gasteiger partial charge in [0, 0.05) is 30.2 Å². The van der Waals surface area contributed by atoms with E-state index in [1.807, 2.05) is 12.1 Å². The molecule has 2 heterocycles. The number of carbonyl (C=O) groups is 1. The molecule has 1 saturated carbocycles. The number of hydrogen-bond donors (Lipinski definition) is 3. The van der Waals surface area contributed by atoms with Gasteiger partial charge in [0.25, 0.3) is 5.56 Å². The smallest absolute Gasteiger partial charge is 0.319 e. The molecule has 0 unspecified atom stereocenters. The lowest BCUT2D eigenvalue weighted by Crippen LogP contribution is -2.39. The second-order valence-corrected chi connectivity index (χ2v) is 5.80. The topological polar surface area (TPSA) is 86.9 Å². The first kappa shape index (κ1) is 15.3. The monoisotopic (exact) mass is 312 g/mol. The number of urea groups is 1. The lowest BCUT2D eigenvalue weighted by atomic mass is 9.96. The fraction of sp³-hybridized carbons (Fsp3) is 0.353. The number of anilines is 1. The molecule has 2 aromatic heterocycles. The second-order valence-electron chi connectivity index (χ2n) is 5.80. The summed E-state index contributed by atoms with van der Waals surface area (Å²) in [5.41, 5.74) is 1.67. The first-order valence-corrected chi connectivity index (χ1v) is 7.93. The molecule has 0 atom stereocenters. The summed E-state index contributed by atoms with van der Waals surface area (Å²) >= 11 is 0. The number of amides is 2. The lowest BCUT2D eigenvalue weighted by Gasteiger charge is -2.22. The average Bonchev–Trinajstić information content (AvgIpc) is 2.58. The van der Waals surface area contributed by atoms with Crippen LogP contribution in [0.25, 0.3) is 11.1 Å². The molecule has 1 aliphatic rings. The Morgan fingerprint density at radius 1 is 1.13 bits per heavy atom. The Bertz CT molecular complexity index is 721. The first-order chi connectivity index (χ1) is 11.2. The minimum absolute atomic E-state index is 0.200. The maximum Gasteiger partial charge on any atom is 0.319 e. The van der Waals surface area contributed by atoms with Gasteiger partial charge < -0.3 is 15.6 Å². The van der Waals surface area contributed by atoms with E-state index in [-0.39, 0.29) is 23.3 Å². The highest BCUT2D eigenvalue weighted by Gasteiger charge is 2.16. The van der Waals surface area contributed by atoms with Gasteiger partial charge in [0.2, 0.25) is 0 Å². The number of nitrogens with one attached hydrogen (secondary N) is 3. The molecule has 0 aliphatic heterocycles. The van der Waals surface area contributed by atoms with E-state index in [4.69, 9.17) is 0 Å². The standard InChI is InChI=1S/C17H20N4O2/c22-16-15(21-17(23)20-14-4-2-1-3-5-14)10-13(11-19-16)12-6-8-18-9-7-12/h6-11,14H,1-5H2,(H,19,22)(H2,20,21,23). The first-order valence-electron chi connectivity index (χ1n) is 7.93. The molecule has 6 heteroatoms. The van der Waals surface area contributed by atoms with Gasteiger partial charge in [0.1, 0.15) is 5.69 Å². The Kier molecular flexibility index (Phi) is 4.71. The molecule has 6 nitrogen and oxygen atoms in total. The summed E-state index contributed by atoms with van der Waals surface area (Å²) in [4.78, 5) is 30.6. The molecule has 0 saturated heterocycles. The van der Waals surface area contributed by atoms with Gasteiger partial charge in [-0.15, -0.1) is 0 Å². The molecule has 23 heavy (non-hydrogen) atoms. The largest absolute Gasteiger partial charge is 0.335 e. The lowest BCUT2D eigenvalue weighted by molar-refractivity contribution is 0.244. The van der Waals surface area contributed by atoms with E-state index in [1.165, 1.54) is 6.42 Å². The molecule has 2 aromatic rings. The fourth-order valence-electron chi connectivity index (χ4n) is 2.88. The van der Waals surface area contributed by atoms with E-state index >= 15 is 0 Å². The van der Waals surface area contributed by atoms with Crippen LogP contribution in [0.5, 0.6) is 0 Å². The SMILES string of the molecule is O=C(Nc1cc(-c2ccncc2)c[nH]c1=O)NC1CCCCC1. The highest BCUT2D eigenvalue weighted by Crippen LogP contribution is 2.19. The number of nitrogens with zero attached hydrogens (tertiary/aromatic N) is 1. The third kappa shape index (κ3) is 3.97. The number of aromatic amines is 1. The summed E-state index contributed by atoms with van der Waals surface area (Å²) in [5.74, 6) is 0. The van der Waals surface area contributed by atoms with Crippen LogP contribution in [0.1, 0.15) is 32.1 Å². The predicted molar refractivity (Wildman–Crippen MR) is 89.3 cm³/mol. The van der Waals surface area contributed by atoms with Crippen molar-refractivity contribution >= 4 is 11.7 Å². The molecule has 2 amide bonds. The Balaban J connectivity index is 1.72. The molecule has 3 rings (SSSR count). The molecule has 0 aromatic carbocycles. The van der Waals surface area contributed by atoms with Gasteiger partial charge in [-0.1, -0.05) is 19.3 Å². The summed E-state index contributed by atoms with van der Waals surface area (Å²) in [7, 11) is 0. The fourth-order valence-corrected chi connectivity index (χ4v) is 2.88. The van der Waals surface area contributed by atoms with E-state index in [0.29, 0.717) is 0 Å². The number of H-pyrrole nitrogens is 1. The molecule has 120 valence electrons. The Morgan fingerprint density at radius 2 is 1.87 bits per heavy atom. The Hall–Kier alpha value is -2.63. The summed E-state index contributed by atoms with van der Waals surface area (Å²) in [6.07, 6.45) is 10.5. The zero-order valence-corrected chi connectivity index (χ0v) is 12.8. The van der Waals surface area contributed by atoms with Gasteiger partial charge >= 0.3 is 6.03 Å². The van der Waals surface area contributed by atoms with Crippen molar-refractivity contribution in [1.82, 2.24) is 15.3 Å². The van der Waals surface area contributed by atoms with E-state index in [9.17, 15) is 9.59 Å². The predicted octanol–water partition coefficient (Wildman–Crippen LogP) is 2.89. The van der Waals surface area contributed by atoms with Crippen molar-refractivity contribution in [3.8, 4) is 11.1 Å². The molecule has 0 bridgehead atoms. The van der Waals surface area contributed by atoms with Crippen LogP contribution in [0.15, 0.2) is 41.6 Å². The van der Waals surface area contributed by atoms with Gasteiger partial charge in [-0.05, 0) is 36.6 Å². The minimum atomic E-state index is -0.325. The van der Waals surface area contributed by atoms with Gasteiger partial charge in [-0.2, -0.15) is 0 Å². The van der Waals surface area contributed by atoms with E-state index < -0.39 is 0 Å². The Morgan fingerprint density at radius 3 is 2.61 bits per heavy atom. The highest BCUT2D eigenvalue weighted by molar-refractivity contribution is 5.90. The maximum atomic E-state index is 12.1. The third-order valence-electron chi connectivity index (χ3n) is 4.11. The van der Waals surface area contributed by atoms with Gasteiger partial charge in [-0.3, -0.25) is 9.78 Å². The van der Waals surface area contributed by atoms with Crippen molar-refractivity contribution in [3.63, 3.8) is 0 Å². The highest BCUT2D eigenvalue weighted by atomic mass is 16.2. The van der Waals surface area contributed by atoms with E-state index in [0.717, 1.165) is 36.8 Å². The number of pyridine rings is 2. The average molecular weight is 312 g/mol. The molecule has 1 aliphatic carbocycles. The number of rotatable bonds is 3. The summed E-state index contributed by atoms with van der Waals surface area (Å²) < 4.78 is 0. The number of aromatic nitrogens is 2. The quantitative estimate of drug-likeness (QED) is 0.814. The number of carbonyl (C=O) groups excluding carboxylic acids is 1. The second kappa shape index (κ2) is 7.09. The molecular weight excluding hydrogens is 292 g/mol. The summed E-state index contributed by atoms with van der Waals surface area (Å²) in [6.45, 7) is 0. The van der Waals surface area contributed by atoms with Gasteiger partial charge in [-0.25, -0.2) is 4.79 Å². The van der Waals surface area contributed by atoms with E-state index in [2.05, 4.69) is 20.6 Å². The van der Waals surface area contributed by atoms with Crippen molar-refractivity contribution in [3.05, 3.63) is 47.1 Å². The van der Waals surface area contributed by atoms with Crippen molar-refractivity contribution in [2.24, 2.45) is 0 Å². The maximum absolute atomic E-state index is 12.1. The minimum Gasteiger partial charge on any atom is -0.335 e. The van der Waals surface area contributed by atoms with Crippen LogP contribution in [0, 0.1) is 0 Å². The Labute approximate surface area is 134 Å². The van der Waals surface area contributed by atoms with Crippen molar-refractivity contribution in [2.75, 3.05) is 5.32 Å². The molecule has 1 fully saturated rings. The molecule has 0 spiro atoms. The van der Waals surface area contributed by atoms with Crippen LogP contribution < -0.4 is 16.2 Å². The zero-order chi connectivity index (χ0) is 16.1. The summed E-state index contributed by atoms with van der Waals surface area (Å²) in [5, 5.41) is 5.60. The van der Waals surface area contributed by atoms with Crippen molar-refractivity contribution in [2.45, 2.75) is 38.1 Å². The third-order valence-corrected chi connectivity index (χ3v) is 4.11. The molecule has 0 radical (unpaired) electrons. The van der Waals surface area contributed by atoms with E-state index in [1.54, 1.807) is 24.7 Å². The van der Waals surface area contributed by atoms with Crippen LogP contribution in [0.4, 0.5) is 10.5 Å². The van der Waals surface area contributed by atoms with Crippen LogP contribution >= 0.6 is 0 Å². The van der Waals surface area contributed by atoms with Gasteiger partial charge in [0.15, 0.2) is 0 Å². The number of hydrogen-bond acceptors (Lipinski definition) is 3. The van der Waals surface area contributed by atoms with Crippen LogP contribution in [0.3, 0.4) is 0 Å². The summed E-state index contributed by atoms with van der Waals surface area (Å²) in [6, 6.07) is 5.24. The van der Waals surface area contributed by atoms with Gasteiger partial charge in [0.05, 0.1) is 0 Å². The van der Waals surface area contributed by atoms with Crippen molar-refractivity contribution < 1.29 is 4.79 Å². The van der Waals surface area contributed by atoms with Crippen molar-refractivity contribution in [1.29, 1.82) is 0 Å². The van der Waals surface area contributed by atoms with Crippen LogP contribution in [-0.2, 0) is 0 Å².